The Balaban J connectivity index is 2.56. The second-order valence-corrected chi connectivity index (χ2v) is 3.14. The van der Waals surface area contributed by atoms with Crippen LogP contribution >= 0.6 is 0 Å². The third kappa shape index (κ3) is 1.82. The van der Waals surface area contributed by atoms with Gasteiger partial charge in [-0.25, -0.2) is 0 Å². The Morgan fingerprint density at radius 1 is 1.40 bits per heavy atom. The van der Waals surface area contributed by atoms with Crippen LogP contribution in [0.15, 0.2) is 35.4 Å². The molecule has 74 valence electrons. The van der Waals surface area contributed by atoms with Crippen LogP contribution in [-0.4, -0.2) is 10.2 Å². The third-order valence-electron chi connectivity index (χ3n) is 2.04. The van der Waals surface area contributed by atoms with Gasteiger partial charge >= 0.3 is 0 Å². The molecule has 0 atom stereocenters. The normalized spacial score (nSPS) is 9.67. The lowest BCUT2D eigenvalue weighted by Crippen LogP contribution is -1.78. The summed E-state index contributed by atoms with van der Waals surface area (Å²) in [6.07, 6.45) is 0. The van der Waals surface area contributed by atoms with Crippen LogP contribution in [0.3, 0.4) is 0 Å². The van der Waals surface area contributed by atoms with Crippen LogP contribution in [0, 0.1) is 6.92 Å². The van der Waals surface area contributed by atoms with Crippen LogP contribution in [0.2, 0.25) is 0 Å². The van der Waals surface area contributed by atoms with Crippen LogP contribution < -0.4 is 0 Å². The summed E-state index contributed by atoms with van der Waals surface area (Å²) in [5.41, 5.74) is 11.6. The standard InChI is InChI=1S/C10H9N5/c1-7-6-10(13-12-7)8-4-2-3-5-9(8)14-15-11/h2-6H,1H3,(H,12,13). The molecule has 0 bridgehead atoms. The summed E-state index contributed by atoms with van der Waals surface area (Å²) in [6.45, 7) is 1.92. The molecule has 2 rings (SSSR count). The van der Waals surface area contributed by atoms with Crippen LogP contribution in [0.4, 0.5) is 5.69 Å². The Morgan fingerprint density at radius 2 is 2.20 bits per heavy atom. The molecule has 15 heavy (non-hydrogen) atoms. The van der Waals surface area contributed by atoms with Crippen molar-refractivity contribution < 1.29 is 0 Å². The summed E-state index contributed by atoms with van der Waals surface area (Å²) < 4.78 is 0. The molecule has 1 aromatic carbocycles. The van der Waals surface area contributed by atoms with E-state index < -0.39 is 0 Å². The molecule has 0 fully saturated rings. The maximum atomic E-state index is 8.43. The fourth-order valence-corrected chi connectivity index (χ4v) is 1.38. The fourth-order valence-electron chi connectivity index (χ4n) is 1.38. The SMILES string of the molecule is Cc1cc(-c2ccccc2N=[N+]=[N-])n[nH]1. The topological polar surface area (TPSA) is 77.4 Å². The third-order valence-corrected chi connectivity index (χ3v) is 2.04. The largest absolute Gasteiger partial charge is 0.282 e. The van der Waals surface area contributed by atoms with E-state index in [-0.39, 0.29) is 0 Å². The van der Waals surface area contributed by atoms with Crippen LogP contribution in [-0.2, 0) is 0 Å². The van der Waals surface area contributed by atoms with Crippen molar-refractivity contribution in [3.05, 3.63) is 46.5 Å². The van der Waals surface area contributed by atoms with Gasteiger partial charge in [-0.05, 0) is 18.5 Å². The van der Waals surface area contributed by atoms with Gasteiger partial charge in [-0.15, -0.1) is 0 Å². The van der Waals surface area contributed by atoms with Crippen molar-refractivity contribution in [3.63, 3.8) is 0 Å². The molecule has 0 radical (unpaired) electrons. The van der Waals surface area contributed by atoms with Crippen molar-refractivity contribution in [2.24, 2.45) is 5.11 Å². The first-order valence-electron chi connectivity index (χ1n) is 4.48. The van der Waals surface area contributed by atoms with E-state index in [1.807, 2.05) is 31.2 Å². The number of H-pyrrole nitrogens is 1. The van der Waals surface area contributed by atoms with E-state index in [9.17, 15) is 0 Å². The zero-order chi connectivity index (χ0) is 10.7. The second kappa shape index (κ2) is 3.86. The fraction of sp³-hybridized carbons (Fsp3) is 0.100. The van der Waals surface area contributed by atoms with Crippen molar-refractivity contribution in [2.45, 2.75) is 6.92 Å². The van der Waals surface area contributed by atoms with Crippen molar-refractivity contribution in [1.29, 1.82) is 0 Å². The first kappa shape index (κ1) is 9.30. The molecule has 0 unspecified atom stereocenters. The van der Waals surface area contributed by atoms with Gasteiger partial charge in [0.05, 0.1) is 5.69 Å². The lowest BCUT2D eigenvalue weighted by atomic mass is 10.1. The van der Waals surface area contributed by atoms with Gasteiger partial charge in [0.15, 0.2) is 0 Å². The van der Waals surface area contributed by atoms with E-state index in [1.165, 1.54) is 0 Å². The number of azide groups is 1. The molecular weight excluding hydrogens is 190 g/mol. The van der Waals surface area contributed by atoms with E-state index in [2.05, 4.69) is 20.2 Å². The lowest BCUT2D eigenvalue weighted by molar-refractivity contribution is 1.05. The number of hydrogen-bond donors (Lipinski definition) is 1. The summed E-state index contributed by atoms with van der Waals surface area (Å²) in [4.78, 5) is 2.79. The van der Waals surface area contributed by atoms with Gasteiger partial charge in [-0.1, -0.05) is 29.4 Å². The number of aromatic amines is 1. The number of nitrogens with zero attached hydrogens (tertiary/aromatic N) is 4. The molecule has 0 aliphatic heterocycles. The van der Waals surface area contributed by atoms with Gasteiger partial charge in [0.25, 0.3) is 0 Å². The van der Waals surface area contributed by atoms with E-state index in [1.54, 1.807) is 6.07 Å². The molecule has 0 saturated heterocycles. The molecule has 1 heterocycles. The highest BCUT2D eigenvalue weighted by atomic mass is 15.1. The Labute approximate surface area is 86.4 Å². The van der Waals surface area contributed by atoms with Crippen molar-refractivity contribution in [2.75, 3.05) is 0 Å². The molecule has 0 aliphatic carbocycles. The van der Waals surface area contributed by atoms with E-state index >= 15 is 0 Å². The van der Waals surface area contributed by atoms with Gasteiger partial charge in [0.1, 0.15) is 0 Å². The first-order chi connectivity index (χ1) is 7.31. The Bertz CT molecular complexity index is 522. The average molecular weight is 199 g/mol. The van der Waals surface area contributed by atoms with Gasteiger partial charge < -0.3 is 0 Å². The number of hydrogen-bond acceptors (Lipinski definition) is 2. The van der Waals surface area contributed by atoms with E-state index in [4.69, 9.17) is 5.53 Å². The number of nitrogens with one attached hydrogen (secondary N) is 1. The van der Waals surface area contributed by atoms with E-state index in [0.29, 0.717) is 5.69 Å². The summed E-state index contributed by atoms with van der Waals surface area (Å²) in [5.74, 6) is 0. The molecule has 2 aromatic rings. The van der Waals surface area contributed by atoms with Crippen molar-refractivity contribution >= 4 is 5.69 Å². The lowest BCUT2D eigenvalue weighted by Gasteiger charge is -1.99. The average Bonchev–Trinajstić information content (AvgIpc) is 2.66. The first-order valence-corrected chi connectivity index (χ1v) is 4.48. The Hall–Kier alpha value is -2.26. The Morgan fingerprint density at radius 3 is 2.87 bits per heavy atom. The highest BCUT2D eigenvalue weighted by Crippen LogP contribution is 2.28. The second-order valence-electron chi connectivity index (χ2n) is 3.14. The molecule has 1 aromatic heterocycles. The monoisotopic (exact) mass is 199 g/mol. The predicted octanol–water partition coefficient (Wildman–Crippen LogP) is 3.33. The summed E-state index contributed by atoms with van der Waals surface area (Å²) in [5, 5.41) is 10.6. The summed E-state index contributed by atoms with van der Waals surface area (Å²) in [7, 11) is 0. The van der Waals surface area contributed by atoms with Crippen LogP contribution in [0.5, 0.6) is 0 Å². The highest BCUT2D eigenvalue weighted by molar-refractivity contribution is 5.73. The Kier molecular flexibility index (Phi) is 2.39. The van der Waals surface area contributed by atoms with Gasteiger partial charge in [-0.2, -0.15) is 5.10 Å². The smallest absolute Gasteiger partial charge is 0.0928 e. The summed E-state index contributed by atoms with van der Waals surface area (Å²) in [6, 6.07) is 9.26. The molecule has 0 aliphatic rings. The maximum Gasteiger partial charge on any atom is 0.0928 e. The van der Waals surface area contributed by atoms with Gasteiger partial charge in [0.2, 0.25) is 0 Å². The minimum absolute atomic E-state index is 0.589. The molecule has 0 saturated carbocycles. The number of aromatic nitrogens is 2. The number of rotatable bonds is 2. The quantitative estimate of drug-likeness (QED) is 0.449. The van der Waals surface area contributed by atoms with Crippen molar-refractivity contribution in [3.8, 4) is 11.3 Å². The molecule has 5 nitrogen and oxygen atoms in total. The minimum Gasteiger partial charge on any atom is -0.282 e. The number of aryl methyl sites for hydroxylation is 1. The van der Waals surface area contributed by atoms with Crippen LogP contribution in [0.25, 0.3) is 21.7 Å². The molecule has 1 N–H and O–H groups in total. The zero-order valence-corrected chi connectivity index (χ0v) is 8.18. The minimum atomic E-state index is 0.589. The molecule has 5 heteroatoms. The van der Waals surface area contributed by atoms with Gasteiger partial charge in [-0.3, -0.25) is 5.10 Å². The maximum absolute atomic E-state index is 8.43. The molecule has 0 amide bonds. The highest BCUT2D eigenvalue weighted by Gasteiger charge is 2.05. The summed E-state index contributed by atoms with van der Waals surface area (Å²) >= 11 is 0. The molecule has 0 spiro atoms. The van der Waals surface area contributed by atoms with E-state index in [0.717, 1.165) is 17.0 Å². The van der Waals surface area contributed by atoms with Gasteiger partial charge in [0, 0.05) is 21.9 Å². The van der Waals surface area contributed by atoms with Crippen LogP contribution in [0.1, 0.15) is 5.69 Å². The molecular formula is C10H9N5. The predicted molar refractivity (Wildman–Crippen MR) is 57.6 cm³/mol. The zero-order valence-electron chi connectivity index (χ0n) is 8.18. The number of benzene rings is 1. The van der Waals surface area contributed by atoms with Crippen molar-refractivity contribution in [1.82, 2.24) is 10.2 Å².